The molecule has 1 atom stereocenters. The number of benzene rings is 2. The van der Waals surface area contributed by atoms with Gasteiger partial charge in [-0.3, -0.25) is 4.79 Å². The SMILES string of the molecule is COc1cc(CNC(=O)c2cnn(-c3ccccc3C)c2C)ccc1OCC1CCCO1. The van der Waals surface area contributed by atoms with E-state index < -0.39 is 0 Å². The van der Waals surface area contributed by atoms with Gasteiger partial charge < -0.3 is 19.5 Å². The lowest BCUT2D eigenvalue weighted by atomic mass is 10.1. The van der Waals surface area contributed by atoms with Gasteiger partial charge in [0.05, 0.1) is 36.4 Å². The molecule has 1 aromatic heterocycles. The molecule has 1 N–H and O–H groups in total. The number of aromatic nitrogens is 2. The van der Waals surface area contributed by atoms with E-state index in [0.29, 0.717) is 30.2 Å². The fourth-order valence-corrected chi connectivity index (χ4v) is 3.85. The molecule has 2 heterocycles. The highest BCUT2D eigenvalue weighted by atomic mass is 16.5. The zero-order chi connectivity index (χ0) is 22.5. The van der Waals surface area contributed by atoms with Crippen LogP contribution in [0.5, 0.6) is 11.5 Å². The zero-order valence-corrected chi connectivity index (χ0v) is 18.8. The molecule has 1 aliphatic heterocycles. The first-order valence-corrected chi connectivity index (χ1v) is 10.9. The van der Waals surface area contributed by atoms with Crippen molar-refractivity contribution in [2.24, 2.45) is 0 Å². The Morgan fingerprint density at radius 2 is 2.06 bits per heavy atom. The van der Waals surface area contributed by atoms with Crippen molar-refractivity contribution in [3.05, 3.63) is 71.0 Å². The van der Waals surface area contributed by atoms with Crippen LogP contribution in [-0.4, -0.2) is 42.1 Å². The minimum Gasteiger partial charge on any atom is -0.493 e. The van der Waals surface area contributed by atoms with Crippen molar-refractivity contribution < 1.29 is 19.0 Å². The van der Waals surface area contributed by atoms with Crippen molar-refractivity contribution in [1.29, 1.82) is 0 Å². The number of hydrogen-bond acceptors (Lipinski definition) is 5. The molecule has 1 unspecified atom stereocenters. The van der Waals surface area contributed by atoms with Crippen LogP contribution in [0.1, 0.15) is 40.0 Å². The number of carbonyl (C=O) groups is 1. The number of nitrogens with zero attached hydrogens (tertiary/aromatic N) is 2. The molecule has 168 valence electrons. The summed E-state index contributed by atoms with van der Waals surface area (Å²) >= 11 is 0. The van der Waals surface area contributed by atoms with Gasteiger partial charge in [-0.05, 0) is 56.0 Å². The van der Waals surface area contributed by atoms with Gasteiger partial charge in [-0.15, -0.1) is 0 Å². The number of ether oxygens (including phenoxy) is 3. The quantitative estimate of drug-likeness (QED) is 0.579. The van der Waals surface area contributed by atoms with Crippen molar-refractivity contribution in [2.75, 3.05) is 20.3 Å². The number of amides is 1. The fraction of sp³-hybridized carbons (Fsp3) is 0.360. The number of carbonyl (C=O) groups excluding carboxylic acids is 1. The first-order valence-electron chi connectivity index (χ1n) is 10.9. The van der Waals surface area contributed by atoms with Gasteiger partial charge in [-0.1, -0.05) is 24.3 Å². The largest absolute Gasteiger partial charge is 0.493 e. The molecule has 2 aromatic carbocycles. The third-order valence-corrected chi connectivity index (χ3v) is 5.73. The van der Waals surface area contributed by atoms with Crippen molar-refractivity contribution in [2.45, 2.75) is 39.3 Å². The van der Waals surface area contributed by atoms with Crippen molar-refractivity contribution >= 4 is 5.91 Å². The monoisotopic (exact) mass is 435 g/mol. The topological polar surface area (TPSA) is 74.6 Å². The van der Waals surface area contributed by atoms with Gasteiger partial charge in [0.1, 0.15) is 6.61 Å². The minimum absolute atomic E-state index is 0.141. The van der Waals surface area contributed by atoms with Crippen LogP contribution in [0.25, 0.3) is 5.69 Å². The molecule has 0 aliphatic carbocycles. The molecule has 0 radical (unpaired) electrons. The van der Waals surface area contributed by atoms with Gasteiger partial charge in [0.2, 0.25) is 0 Å². The molecular weight excluding hydrogens is 406 g/mol. The number of methoxy groups -OCH3 is 1. The second kappa shape index (κ2) is 9.87. The van der Waals surface area contributed by atoms with Crippen LogP contribution in [0, 0.1) is 13.8 Å². The second-order valence-electron chi connectivity index (χ2n) is 7.96. The average Bonchev–Trinajstić information content (AvgIpc) is 3.46. The minimum atomic E-state index is -0.167. The van der Waals surface area contributed by atoms with Crippen LogP contribution in [0.2, 0.25) is 0 Å². The maximum Gasteiger partial charge on any atom is 0.255 e. The molecule has 4 rings (SSSR count). The lowest BCUT2D eigenvalue weighted by Gasteiger charge is -2.15. The number of aryl methyl sites for hydroxylation is 1. The van der Waals surface area contributed by atoms with Gasteiger partial charge in [-0.2, -0.15) is 5.10 Å². The number of nitrogens with one attached hydrogen (secondary N) is 1. The number of hydrogen-bond donors (Lipinski definition) is 1. The average molecular weight is 436 g/mol. The first kappa shape index (κ1) is 21.9. The van der Waals surface area contributed by atoms with E-state index in [-0.39, 0.29) is 12.0 Å². The van der Waals surface area contributed by atoms with E-state index >= 15 is 0 Å². The molecule has 0 spiro atoms. The second-order valence-corrected chi connectivity index (χ2v) is 7.96. The molecule has 1 amide bonds. The molecule has 1 aliphatic rings. The third-order valence-electron chi connectivity index (χ3n) is 5.73. The lowest BCUT2D eigenvalue weighted by Crippen LogP contribution is -2.23. The highest BCUT2D eigenvalue weighted by molar-refractivity contribution is 5.95. The van der Waals surface area contributed by atoms with Gasteiger partial charge in [0, 0.05) is 13.2 Å². The summed E-state index contributed by atoms with van der Waals surface area (Å²) in [6.45, 7) is 5.61. The molecule has 0 bridgehead atoms. The summed E-state index contributed by atoms with van der Waals surface area (Å²) in [6.07, 6.45) is 3.85. The Hall–Kier alpha value is -3.32. The van der Waals surface area contributed by atoms with Crippen LogP contribution in [0.15, 0.2) is 48.7 Å². The highest BCUT2D eigenvalue weighted by Crippen LogP contribution is 2.29. The summed E-state index contributed by atoms with van der Waals surface area (Å²) < 4.78 is 18.8. The van der Waals surface area contributed by atoms with Gasteiger partial charge in [0.15, 0.2) is 11.5 Å². The summed E-state index contributed by atoms with van der Waals surface area (Å²) in [7, 11) is 1.61. The Morgan fingerprint density at radius 1 is 1.22 bits per heavy atom. The Bertz CT molecular complexity index is 1090. The maximum atomic E-state index is 12.8. The predicted octanol–water partition coefficient (Wildman–Crippen LogP) is 3.99. The third kappa shape index (κ3) is 4.78. The van der Waals surface area contributed by atoms with Crippen LogP contribution < -0.4 is 14.8 Å². The van der Waals surface area contributed by atoms with Crippen LogP contribution in [0.3, 0.4) is 0 Å². The molecule has 7 heteroatoms. The molecule has 32 heavy (non-hydrogen) atoms. The van der Waals surface area contributed by atoms with E-state index in [1.54, 1.807) is 18.0 Å². The van der Waals surface area contributed by atoms with Crippen LogP contribution in [0.4, 0.5) is 0 Å². The van der Waals surface area contributed by atoms with Crippen molar-refractivity contribution in [3.63, 3.8) is 0 Å². The van der Waals surface area contributed by atoms with Crippen LogP contribution in [-0.2, 0) is 11.3 Å². The molecular formula is C25H29N3O4. The highest BCUT2D eigenvalue weighted by Gasteiger charge is 2.18. The van der Waals surface area contributed by atoms with Gasteiger partial charge in [0.25, 0.3) is 5.91 Å². The number of rotatable bonds is 8. The molecule has 7 nitrogen and oxygen atoms in total. The van der Waals surface area contributed by atoms with E-state index in [1.165, 1.54) is 0 Å². The standard InChI is InChI=1S/C25H29N3O4/c1-17-7-4-5-9-22(17)28-18(2)21(15-27-28)25(29)26-14-19-10-11-23(24(13-19)30-3)32-16-20-8-6-12-31-20/h4-5,7,9-11,13,15,20H,6,8,12,14,16H2,1-3H3,(H,26,29). The Morgan fingerprint density at radius 3 is 2.81 bits per heavy atom. The van der Waals surface area contributed by atoms with E-state index in [2.05, 4.69) is 10.4 Å². The Labute approximate surface area is 188 Å². The lowest BCUT2D eigenvalue weighted by molar-refractivity contribution is 0.0669. The zero-order valence-electron chi connectivity index (χ0n) is 18.8. The van der Waals surface area contributed by atoms with E-state index in [9.17, 15) is 4.79 Å². The molecule has 0 saturated carbocycles. The first-order chi connectivity index (χ1) is 15.6. The summed E-state index contributed by atoms with van der Waals surface area (Å²) in [4.78, 5) is 12.8. The summed E-state index contributed by atoms with van der Waals surface area (Å²) in [5, 5.41) is 7.40. The van der Waals surface area contributed by atoms with Gasteiger partial charge >= 0.3 is 0 Å². The molecule has 1 fully saturated rings. The normalized spacial score (nSPS) is 15.5. The van der Waals surface area contributed by atoms with E-state index in [0.717, 1.165) is 42.0 Å². The van der Waals surface area contributed by atoms with Gasteiger partial charge in [-0.25, -0.2) is 4.68 Å². The summed E-state index contributed by atoms with van der Waals surface area (Å²) in [5.74, 6) is 1.15. The summed E-state index contributed by atoms with van der Waals surface area (Å²) in [5.41, 5.74) is 4.33. The predicted molar refractivity (Wildman–Crippen MR) is 122 cm³/mol. The smallest absolute Gasteiger partial charge is 0.255 e. The van der Waals surface area contributed by atoms with Crippen molar-refractivity contribution in [3.8, 4) is 17.2 Å². The molecule has 1 saturated heterocycles. The molecule has 3 aromatic rings. The van der Waals surface area contributed by atoms with Crippen molar-refractivity contribution in [1.82, 2.24) is 15.1 Å². The number of para-hydroxylation sites is 1. The summed E-state index contributed by atoms with van der Waals surface area (Å²) in [6, 6.07) is 13.6. The Kier molecular flexibility index (Phi) is 6.75. The Balaban J connectivity index is 1.40. The van der Waals surface area contributed by atoms with Crippen LogP contribution >= 0.6 is 0 Å². The van der Waals surface area contributed by atoms with E-state index in [1.807, 2.05) is 56.3 Å². The maximum absolute atomic E-state index is 12.8. The fourth-order valence-electron chi connectivity index (χ4n) is 3.85. The van der Waals surface area contributed by atoms with E-state index in [4.69, 9.17) is 14.2 Å².